The summed E-state index contributed by atoms with van der Waals surface area (Å²) in [5, 5.41) is 9.13. The lowest BCUT2D eigenvalue weighted by Gasteiger charge is -2.22. The second-order valence-corrected chi connectivity index (χ2v) is 5.74. The van der Waals surface area contributed by atoms with Gasteiger partial charge in [-0.05, 0) is 56.9 Å². The molecule has 0 saturated carbocycles. The number of carboxylic acids is 1. The molecular weight excluding hydrogens is 247 g/mol. The summed E-state index contributed by atoms with van der Waals surface area (Å²) in [6, 6.07) is 4.32. The molecule has 1 fully saturated rings. The van der Waals surface area contributed by atoms with E-state index in [1.54, 1.807) is 13.0 Å². The molecule has 0 bridgehead atoms. The summed E-state index contributed by atoms with van der Waals surface area (Å²) in [7, 11) is 0. The van der Waals surface area contributed by atoms with Gasteiger partial charge in [-0.3, -0.25) is 4.79 Å². The highest BCUT2D eigenvalue weighted by molar-refractivity contribution is 5.76. The molecule has 1 aliphatic heterocycles. The Morgan fingerprint density at radius 2 is 2.21 bits per heavy atom. The predicted molar refractivity (Wildman–Crippen MR) is 69.6 cm³/mol. The number of aliphatic carboxylic acids is 1. The Morgan fingerprint density at radius 1 is 1.53 bits per heavy atom. The Kier molecular flexibility index (Phi) is 3.63. The normalized spacial score (nSPS) is 23.3. The Labute approximate surface area is 112 Å². The minimum absolute atomic E-state index is 0.146. The first kappa shape index (κ1) is 14.0. The molecule has 104 valence electrons. The van der Waals surface area contributed by atoms with E-state index in [0.717, 1.165) is 18.4 Å². The lowest BCUT2D eigenvalue weighted by Crippen LogP contribution is -2.18. The van der Waals surface area contributed by atoms with E-state index < -0.39 is 17.7 Å². The number of carboxylic acid groups (broad SMARTS) is 1. The maximum Gasteiger partial charge on any atom is 0.310 e. The summed E-state index contributed by atoms with van der Waals surface area (Å²) in [5.41, 5.74) is 1.10. The Morgan fingerprint density at radius 3 is 2.74 bits per heavy atom. The first-order valence-corrected chi connectivity index (χ1v) is 6.50. The van der Waals surface area contributed by atoms with Crippen molar-refractivity contribution in [3.8, 4) is 0 Å². The topological polar surface area (TPSA) is 46.5 Å². The number of hydrogen-bond acceptors (Lipinski definition) is 2. The van der Waals surface area contributed by atoms with Crippen LogP contribution in [-0.2, 0) is 9.53 Å². The van der Waals surface area contributed by atoms with Gasteiger partial charge >= 0.3 is 5.97 Å². The third-order valence-corrected chi connectivity index (χ3v) is 3.70. The van der Waals surface area contributed by atoms with Crippen molar-refractivity contribution in [2.45, 2.75) is 51.2 Å². The molecule has 0 radical (unpaired) electrons. The van der Waals surface area contributed by atoms with E-state index in [-0.39, 0.29) is 11.7 Å². The van der Waals surface area contributed by atoms with Crippen LogP contribution in [0.15, 0.2) is 18.2 Å². The zero-order valence-electron chi connectivity index (χ0n) is 11.4. The quantitative estimate of drug-likeness (QED) is 0.908. The van der Waals surface area contributed by atoms with Crippen LogP contribution in [0.25, 0.3) is 0 Å². The summed E-state index contributed by atoms with van der Waals surface area (Å²) >= 11 is 0. The molecule has 4 heteroatoms. The van der Waals surface area contributed by atoms with E-state index in [4.69, 9.17) is 9.84 Å². The van der Waals surface area contributed by atoms with Gasteiger partial charge in [-0.25, -0.2) is 4.39 Å². The molecule has 1 heterocycles. The van der Waals surface area contributed by atoms with Gasteiger partial charge in [0.25, 0.3) is 0 Å². The van der Waals surface area contributed by atoms with Crippen LogP contribution >= 0.6 is 0 Å². The molecule has 19 heavy (non-hydrogen) atoms. The highest BCUT2D eigenvalue weighted by Crippen LogP contribution is 2.41. The molecule has 0 aromatic heterocycles. The lowest BCUT2D eigenvalue weighted by atomic mass is 9.91. The molecule has 1 aliphatic rings. The number of carbonyl (C=O) groups is 1. The lowest BCUT2D eigenvalue weighted by molar-refractivity contribution is -0.138. The average Bonchev–Trinajstić information content (AvgIpc) is 2.68. The van der Waals surface area contributed by atoms with Crippen molar-refractivity contribution in [3.05, 3.63) is 35.1 Å². The summed E-state index contributed by atoms with van der Waals surface area (Å²) in [6.45, 7) is 5.59. The standard InChI is InChI=1S/C15H19FO3/c1-9(14(17)18)12-8-10(16)4-5-11(12)13-6-7-15(2,3)19-13/h4-5,8-9,13H,6-7H2,1-3H3,(H,17,18). The van der Waals surface area contributed by atoms with E-state index in [9.17, 15) is 9.18 Å². The zero-order chi connectivity index (χ0) is 14.2. The fraction of sp³-hybridized carbons (Fsp3) is 0.533. The van der Waals surface area contributed by atoms with Crippen molar-refractivity contribution in [2.75, 3.05) is 0 Å². The minimum atomic E-state index is -0.955. The fourth-order valence-electron chi connectivity index (χ4n) is 2.55. The van der Waals surface area contributed by atoms with Crippen molar-refractivity contribution < 1.29 is 19.0 Å². The van der Waals surface area contributed by atoms with Crippen LogP contribution < -0.4 is 0 Å². The van der Waals surface area contributed by atoms with Gasteiger partial charge in [0.05, 0.1) is 17.6 Å². The van der Waals surface area contributed by atoms with Gasteiger partial charge in [0.2, 0.25) is 0 Å². The highest BCUT2D eigenvalue weighted by Gasteiger charge is 2.34. The SMILES string of the molecule is CC(C(=O)O)c1cc(F)ccc1C1CCC(C)(C)O1. The fourth-order valence-corrected chi connectivity index (χ4v) is 2.55. The largest absolute Gasteiger partial charge is 0.481 e. The summed E-state index contributed by atoms with van der Waals surface area (Å²) in [5.74, 6) is -2.11. The Bertz CT molecular complexity index is 496. The van der Waals surface area contributed by atoms with Gasteiger partial charge in [-0.1, -0.05) is 6.07 Å². The molecule has 1 aromatic rings. The molecule has 3 nitrogen and oxygen atoms in total. The molecule has 2 unspecified atom stereocenters. The van der Waals surface area contributed by atoms with E-state index in [1.165, 1.54) is 12.1 Å². The second-order valence-electron chi connectivity index (χ2n) is 5.74. The summed E-state index contributed by atoms with van der Waals surface area (Å²) in [4.78, 5) is 11.1. The van der Waals surface area contributed by atoms with Crippen molar-refractivity contribution >= 4 is 5.97 Å². The van der Waals surface area contributed by atoms with E-state index in [1.807, 2.05) is 13.8 Å². The molecule has 0 spiro atoms. The smallest absolute Gasteiger partial charge is 0.310 e. The highest BCUT2D eigenvalue weighted by atomic mass is 19.1. The van der Waals surface area contributed by atoms with Crippen LogP contribution in [-0.4, -0.2) is 16.7 Å². The van der Waals surface area contributed by atoms with Gasteiger partial charge in [-0.2, -0.15) is 0 Å². The number of benzene rings is 1. The van der Waals surface area contributed by atoms with Gasteiger partial charge in [-0.15, -0.1) is 0 Å². The summed E-state index contributed by atoms with van der Waals surface area (Å²) < 4.78 is 19.3. The maximum atomic E-state index is 13.4. The van der Waals surface area contributed by atoms with Gasteiger partial charge < -0.3 is 9.84 Å². The average molecular weight is 266 g/mol. The molecular formula is C15H19FO3. The Hall–Kier alpha value is -1.42. The molecule has 1 N–H and O–H groups in total. The molecule has 0 aliphatic carbocycles. The molecule has 1 saturated heterocycles. The molecule has 1 aromatic carbocycles. The van der Waals surface area contributed by atoms with E-state index in [2.05, 4.69) is 0 Å². The van der Waals surface area contributed by atoms with Gasteiger partial charge in [0.1, 0.15) is 5.82 Å². The van der Waals surface area contributed by atoms with Crippen LogP contribution in [0.2, 0.25) is 0 Å². The number of halogens is 1. The third-order valence-electron chi connectivity index (χ3n) is 3.70. The van der Waals surface area contributed by atoms with Crippen molar-refractivity contribution in [1.29, 1.82) is 0 Å². The first-order valence-electron chi connectivity index (χ1n) is 6.50. The van der Waals surface area contributed by atoms with Crippen LogP contribution in [0.3, 0.4) is 0 Å². The minimum Gasteiger partial charge on any atom is -0.481 e. The second kappa shape index (κ2) is 4.93. The molecule has 2 rings (SSSR count). The van der Waals surface area contributed by atoms with Crippen molar-refractivity contribution in [1.82, 2.24) is 0 Å². The molecule has 0 amide bonds. The van der Waals surface area contributed by atoms with Gasteiger partial charge in [0, 0.05) is 0 Å². The number of rotatable bonds is 3. The zero-order valence-corrected chi connectivity index (χ0v) is 11.4. The van der Waals surface area contributed by atoms with Crippen LogP contribution in [0.4, 0.5) is 4.39 Å². The Balaban J connectivity index is 2.38. The van der Waals surface area contributed by atoms with Crippen molar-refractivity contribution in [3.63, 3.8) is 0 Å². The molecule has 2 atom stereocenters. The van der Waals surface area contributed by atoms with E-state index in [0.29, 0.717) is 5.56 Å². The predicted octanol–water partition coefficient (Wildman–Crippen LogP) is 3.64. The number of ether oxygens (including phenoxy) is 1. The summed E-state index contributed by atoms with van der Waals surface area (Å²) in [6.07, 6.45) is 1.60. The first-order chi connectivity index (χ1) is 8.80. The van der Waals surface area contributed by atoms with Gasteiger partial charge in [0.15, 0.2) is 0 Å². The van der Waals surface area contributed by atoms with Crippen LogP contribution in [0, 0.1) is 5.82 Å². The van der Waals surface area contributed by atoms with Crippen LogP contribution in [0.1, 0.15) is 56.8 Å². The van der Waals surface area contributed by atoms with Crippen LogP contribution in [0.5, 0.6) is 0 Å². The third kappa shape index (κ3) is 2.95. The maximum absolute atomic E-state index is 13.4. The number of hydrogen-bond donors (Lipinski definition) is 1. The monoisotopic (exact) mass is 266 g/mol. The van der Waals surface area contributed by atoms with E-state index >= 15 is 0 Å². The van der Waals surface area contributed by atoms with Crippen molar-refractivity contribution in [2.24, 2.45) is 0 Å².